The Morgan fingerprint density at radius 1 is 1.13 bits per heavy atom. The molecule has 0 atom stereocenters. The highest BCUT2D eigenvalue weighted by molar-refractivity contribution is 9.10. The predicted molar refractivity (Wildman–Crippen MR) is 153 cm³/mol. The second-order valence-corrected chi connectivity index (χ2v) is 11.5. The average Bonchev–Trinajstić information content (AvgIpc) is 3.47. The summed E-state index contributed by atoms with van der Waals surface area (Å²) in [7, 11) is 1.51. The van der Waals surface area contributed by atoms with Gasteiger partial charge < -0.3 is 14.2 Å². The summed E-state index contributed by atoms with van der Waals surface area (Å²) in [5.74, 6) is 3.49. The molecule has 1 N–H and O–H groups in total. The molecule has 0 spiro atoms. The Labute approximate surface area is 236 Å². The maximum Gasteiger partial charge on any atom is 0.277 e. The summed E-state index contributed by atoms with van der Waals surface area (Å²) in [5, 5.41) is 14.8. The third-order valence-electron chi connectivity index (χ3n) is 5.33. The van der Waals surface area contributed by atoms with Crippen LogP contribution < -0.4 is 19.6 Å². The van der Waals surface area contributed by atoms with E-state index < -0.39 is 4.92 Å². The van der Waals surface area contributed by atoms with E-state index in [-0.39, 0.29) is 24.8 Å². The number of methoxy groups -OCH3 is 1. The number of nitro benzene ring substituents is 1. The first-order valence-electron chi connectivity index (χ1n) is 11.4. The van der Waals surface area contributed by atoms with E-state index in [2.05, 4.69) is 26.5 Å². The molecule has 0 saturated carbocycles. The maximum atomic E-state index is 12.2. The number of benzene rings is 3. The van der Waals surface area contributed by atoms with Gasteiger partial charge in [0.1, 0.15) is 12.4 Å². The molecule has 12 heteroatoms. The molecule has 1 heterocycles. The number of nitro groups is 1. The maximum absolute atomic E-state index is 12.2. The summed E-state index contributed by atoms with van der Waals surface area (Å²) >= 11 is 7.35. The van der Waals surface area contributed by atoms with Gasteiger partial charge in [0.2, 0.25) is 0 Å². The topological polar surface area (TPSA) is 112 Å². The van der Waals surface area contributed by atoms with E-state index >= 15 is 0 Å². The number of halogens is 1. The molecule has 0 unspecified atom stereocenters. The largest absolute Gasteiger partial charge is 0.493 e. The highest BCUT2D eigenvalue weighted by Gasteiger charge is 2.18. The summed E-state index contributed by atoms with van der Waals surface area (Å²) in [6.07, 6.45) is 1.48. The number of nitrogens with zero attached hydrogens (tertiary/aromatic N) is 2. The van der Waals surface area contributed by atoms with Crippen LogP contribution in [-0.4, -0.2) is 42.3 Å². The summed E-state index contributed by atoms with van der Waals surface area (Å²) in [6.45, 7) is 0.0315. The third-order valence-corrected chi connectivity index (χ3v) is 9.02. The van der Waals surface area contributed by atoms with E-state index in [0.29, 0.717) is 31.9 Å². The van der Waals surface area contributed by atoms with Crippen LogP contribution >= 0.6 is 39.5 Å². The molecule has 1 aliphatic heterocycles. The van der Waals surface area contributed by atoms with Crippen LogP contribution in [0.4, 0.5) is 5.69 Å². The molecule has 0 radical (unpaired) electrons. The summed E-state index contributed by atoms with van der Waals surface area (Å²) in [4.78, 5) is 22.5. The monoisotopic (exact) mass is 617 g/mol. The Morgan fingerprint density at radius 3 is 2.50 bits per heavy atom. The number of thioether (sulfide) groups is 2. The van der Waals surface area contributed by atoms with Gasteiger partial charge in [-0.2, -0.15) is 5.10 Å². The van der Waals surface area contributed by atoms with Crippen molar-refractivity contribution in [1.29, 1.82) is 0 Å². The molecule has 4 rings (SSSR count). The number of amides is 1. The lowest BCUT2D eigenvalue weighted by Crippen LogP contribution is -2.24. The molecule has 1 aliphatic rings. The lowest BCUT2D eigenvalue weighted by atomic mass is 10.2. The zero-order chi connectivity index (χ0) is 26.9. The SMILES string of the molecule is COc1cc(/C=N\NC(=O)COc2ccc(C3SCCS3)cc2)cc(Br)c1OCc1ccc([N+](=O)[O-])cc1. The fourth-order valence-corrected chi connectivity index (χ4v) is 6.89. The Morgan fingerprint density at radius 2 is 1.84 bits per heavy atom. The molecule has 198 valence electrons. The van der Waals surface area contributed by atoms with Crippen molar-refractivity contribution in [3.63, 3.8) is 0 Å². The van der Waals surface area contributed by atoms with Gasteiger partial charge in [-0.3, -0.25) is 14.9 Å². The van der Waals surface area contributed by atoms with Crippen molar-refractivity contribution >= 4 is 57.3 Å². The van der Waals surface area contributed by atoms with E-state index in [0.717, 1.165) is 5.56 Å². The number of nitrogens with one attached hydrogen (secondary N) is 1. The van der Waals surface area contributed by atoms with E-state index in [1.54, 1.807) is 24.3 Å². The highest BCUT2D eigenvalue weighted by Crippen LogP contribution is 2.45. The molecule has 1 fully saturated rings. The average molecular weight is 619 g/mol. The van der Waals surface area contributed by atoms with Crippen molar-refractivity contribution < 1.29 is 23.9 Å². The number of hydrazone groups is 1. The molecule has 0 aliphatic carbocycles. The van der Waals surface area contributed by atoms with Crippen LogP contribution in [0.5, 0.6) is 17.2 Å². The Hall–Kier alpha value is -3.22. The van der Waals surface area contributed by atoms with Crippen molar-refractivity contribution in [3.05, 3.63) is 91.9 Å². The van der Waals surface area contributed by atoms with Gasteiger partial charge in [-0.15, -0.1) is 23.5 Å². The first-order valence-corrected chi connectivity index (χ1v) is 14.3. The van der Waals surface area contributed by atoms with Crippen molar-refractivity contribution in [2.45, 2.75) is 11.2 Å². The highest BCUT2D eigenvalue weighted by atomic mass is 79.9. The minimum absolute atomic E-state index is 0.0153. The van der Waals surface area contributed by atoms with Gasteiger partial charge in [-0.25, -0.2) is 5.43 Å². The molecule has 3 aromatic rings. The van der Waals surface area contributed by atoms with Crippen LogP contribution in [0.2, 0.25) is 0 Å². The molecular weight excluding hydrogens is 594 g/mol. The molecule has 0 bridgehead atoms. The molecule has 1 amide bonds. The molecule has 9 nitrogen and oxygen atoms in total. The number of hydrogen-bond donors (Lipinski definition) is 1. The number of hydrogen-bond acceptors (Lipinski definition) is 9. The van der Waals surface area contributed by atoms with Gasteiger partial charge in [-0.05, 0) is 69.0 Å². The van der Waals surface area contributed by atoms with Gasteiger partial charge in [0.15, 0.2) is 18.1 Å². The number of non-ortho nitro benzene ring substituents is 1. The second-order valence-electron chi connectivity index (χ2n) is 7.97. The standard InChI is InChI=1S/C26H24BrN3O6S2/c1-34-23-13-18(12-22(27)25(23)36-15-17-2-6-20(7-3-17)30(32)33)14-28-29-24(31)16-35-21-8-4-19(5-9-21)26-37-10-11-38-26/h2-9,12-14,26H,10-11,15-16H2,1H3,(H,29,31)/b28-14-. The van der Waals surface area contributed by atoms with Crippen LogP contribution in [0.1, 0.15) is 21.3 Å². The molecule has 3 aromatic carbocycles. The fourth-order valence-electron chi connectivity index (χ4n) is 3.46. The second kappa shape index (κ2) is 13.5. The Bertz CT molecular complexity index is 1300. The Balaban J connectivity index is 1.28. The molecule has 38 heavy (non-hydrogen) atoms. The number of carbonyl (C=O) groups excluding carboxylic acids is 1. The summed E-state index contributed by atoms with van der Waals surface area (Å²) < 4.78 is 18.0. The van der Waals surface area contributed by atoms with Crippen LogP contribution in [-0.2, 0) is 11.4 Å². The van der Waals surface area contributed by atoms with Crippen molar-refractivity contribution in [1.82, 2.24) is 5.43 Å². The van der Waals surface area contributed by atoms with E-state index in [1.165, 1.54) is 42.5 Å². The van der Waals surface area contributed by atoms with Crippen LogP contribution in [0.15, 0.2) is 70.2 Å². The predicted octanol–water partition coefficient (Wildman–Crippen LogP) is 5.95. The Kier molecular flexibility index (Phi) is 9.91. The van der Waals surface area contributed by atoms with Gasteiger partial charge in [-0.1, -0.05) is 12.1 Å². The summed E-state index contributed by atoms with van der Waals surface area (Å²) in [5.41, 5.74) is 5.15. The van der Waals surface area contributed by atoms with E-state index in [9.17, 15) is 14.9 Å². The summed E-state index contributed by atoms with van der Waals surface area (Å²) in [6, 6.07) is 17.4. The van der Waals surface area contributed by atoms with Crippen LogP contribution in [0, 0.1) is 10.1 Å². The van der Waals surface area contributed by atoms with Crippen LogP contribution in [0.25, 0.3) is 0 Å². The van der Waals surface area contributed by atoms with E-state index in [1.807, 2.05) is 47.8 Å². The van der Waals surface area contributed by atoms with Gasteiger partial charge >= 0.3 is 0 Å². The quantitative estimate of drug-likeness (QED) is 0.159. The fraction of sp³-hybridized carbons (Fsp3) is 0.231. The molecule has 0 aromatic heterocycles. The smallest absolute Gasteiger partial charge is 0.277 e. The lowest BCUT2D eigenvalue weighted by Gasteiger charge is -2.13. The van der Waals surface area contributed by atoms with Gasteiger partial charge in [0, 0.05) is 23.6 Å². The number of carbonyl (C=O) groups is 1. The number of rotatable bonds is 11. The van der Waals surface area contributed by atoms with Crippen molar-refractivity contribution in [2.24, 2.45) is 5.10 Å². The molecule has 1 saturated heterocycles. The first kappa shape index (κ1) is 27.8. The third kappa shape index (κ3) is 7.65. The van der Waals surface area contributed by atoms with Gasteiger partial charge in [0.05, 0.1) is 27.3 Å². The van der Waals surface area contributed by atoms with Crippen molar-refractivity contribution in [3.8, 4) is 17.2 Å². The van der Waals surface area contributed by atoms with E-state index in [4.69, 9.17) is 14.2 Å². The first-order chi connectivity index (χ1) is 18.4. The normalized spacial score (nSPS) is 13.4. The minimum atomic E-state index is -0.451. The zero-order valence-corrected chi connectivity index (χ0v) is 23.5. The van der Waals surface area contributed by atoms with Crippen LogP contribution in [0.3, 0.4) is 0 Å². The lowest BCUT2D eigenvalue weighted by molar-refractivity contribution is -0.384. The number of ether oxygens (including phenoxy) is 3. The van der Waals surface area contributed by atoms with Gasteiger partial charge in [0.25, 0.3) is 11.6 Å². The minimum Gasteiger partial charge on any atom is -0.493 e. The molecular formula is C26H24BrN3O6S2. The van der Waals surface area contributed by atoms with Crippen molar-refractivity contribution in [2.75, 3.05) is 25.2 Å². The zero-order valence-electron chi connectivity index (χ0n) is 20.3.